The smallest absolute Gasteiger partial charge is 0.492 e. The van der Waals surface area contributed by atoms with Gasteiger partial charge < -0.3 is 20.1 Å². The average Bonchev–Trinajstić information content (AvgIpc) is 2.71. The molecule has 0 aliphatic rings. The van der Waals surface area contributed by atoms with Gasteiger partial charge in [-0.05, 0) is 36.5 Å². The largest absolute Gasteiger partial charge is 0.497 e. The number of hydrogen-bond acceptors (Lipinski definition) is 4. The highest BCUT2D eigenvalue weighted by Gasteiger charge is 2.17. The van der Waals surface area contributed by atoms with Gasteiger partial charge in [-0.15, -0.1) is 0 Å². The zero-order chi connectivity index (χ0) is 20.2. The number of amides is 1. The third-order valence-electron chi connectivity index (χ3n) is 4.78. The van der Waals surface area contributed by atoms with Gasteiger partial charge in [-0.25, -0.2) is 0 Å². The maximum Gasteiger partial charge on any atom is 0.492 e. The van der Waals surface area contributed by atoms with Crippen molar-refractivity contribution in [3.63, 3.8) is 0 Å². The fourth-order valence-corrected chi connectivity index (χ4v) is 3.16. The molecule has 2 rings (SSSR count). The number of nitrogens with one attached hydrogen (secondary N) is 1. The summed E-state index contributed by atoms with van der Waals surface area (Å²) in [7, 11) is -0.102. The van der Waals surface area contributed by atoms with Crippen LogP contribution in [-0.2, 0) is 17.8 Å². The molecular formula is C22H30BNO4. The van der Waals surface area contributed by atoms with Crippen molar-refractivity contribution in [1.82, 2.24) is 5.32 Å². The Labute approximate surface area is 167 Å². The van der Waals surface area contributed by atoms with E-state index in [2.05, 4.69) is 29.6 Å². The first-order valence-electron chi connectivity index (χ1n) is 9.93. The monoisotopic (exact) mass is 383 g/mol. The number of unbranched alkanes of at least 4 members (excludes halogenated alkanes) is 4. The van der Waals surface area contributed by atoms with Crippen molar-refractivity contribution in [3.05, 3.63) is 59.7 Å². The maximum absolute atomic E-state index is 12.0. The third kappa shape index (κ3) is 7.75. The van der Waals surface area contributed by atoms with E-state index in [0.717, 1.165) is 31.2 Å². The molecule has 2 aromatic rings. The van der Waals surface area contributed by atoms with Crippen LogP contribution in [-0.4, -0.2) is 30.2 Å². The van der Waals surface area contributed by atoms with Gasteiger partial charge in [0.1, 0.15) is 5.75 Å². The molecule has 0 fully saturated rings. The Kier molecular flexibility index (Phi) is 9.59. The summed E-state index contributed by atoms with van der Waals surface area (Å²) in [5.74, 6) is 0.437. The SMILES string of the molecule is COc1cc(CNC(=O)CCCCCCCc2ccccc2)ccc1B(O)O. The van der Waals surface area contributed by atoms with Gasteiger partial charge in [0.05, 0.1) is 7.11 Å². The molecule has 0 spiro atoms. The topological polar surface area (TPSA) is 78.8 Å². The van der Waals surface area contributed by atoms with Gasteiger partial charge in [-0.1, -0.05) is 61.7 Å². The van der Waals surface area contributed by atoms with Crippen LogP contribution in [0.4, 0.5) is 0 Å². The predicted molar refractivity (Wildman–Crippen MR) is 113 cm³/mol. The Morgan fingerprint density at radius 3 is 2.39 bits per heavy atom. The second kappa shape index (κ2) is 12.2. The summed E-state index contributed by atoms with van der Waals surface area (Å²) in [5, 5.41) is 21.5. The van der Waals surface area contributed by atoms with Crippen LogP contribution in [0.5, 0.6) is 5.75 Å². The predicted octanol–water partition coefficient (Wildman–Crippen LogP) is 2.57. The summed E-state index contributed by atoms with van der Waals surface area (Å²) in [6.07, 6.45) is 7.16. The summed E-state index contributed by atoms with van der Waals surface area (Å²) in [6, 6.07) is 15.6. The lowest BCUT2D eigenvalue weighted by Crippen LogP contribution is -2.31. The number of aryl methyl sites for hydroxylation is 1. The van der Waals surface area contributed by atoms with Crippen molar-refractivity contribution in [1.29, 1.82) is 0 Å². The number of ether oxygens (including phenoxy) is 1. The van der Waals surface area contributed by atoms with E-state index < -0.39 is 7.12 Å². The number of benzene rings is 2. The van der Waals surface area contributed by atoms with E-state index in [1.165, 1.54) is 25.5 Å². The minimum Gasteiger partial charge on any atom is -0.497 e. The van der Waals surface area contributed by atoms with E-state index in [4.69, 9.17) is 4.74 Å². The van der Waals surface area contributed by atoms with Crippen LogP contribution >= 0.6 is 0 Å². The standard InChI is InChI=1S/C22H30BNO4/c1-28-21-16-19(14-15-20(21)23(26)27)17-24-22(25)13-9-4-2-3-6-10-18-11-7-5-8-12-18/h5,7-8,11-12,14-16,26-27H,2-4,6,9-10,13,17H2,1H3,(H,24,25). The molecule has 0 heterocycles. The van der Waals surface area contributed by atoms with E-state index >= 15 is 0 Å². The molecule has 6 heteroatoms. The normalized spacial score (nSPS) is 10.5. The number of carbonyl (C=O) groups is 1. The Hall–Kier alpha value is -2.31. The summed E-state index contributed by atoms with van der Waals surface area (Å²) < 4.78 is 5.16. The quantitative estimate of drug-likeness (QED) is 0.389. The number of carbonyl (C=O) groups excluding carboxylic acids is 1. The minimum atomic E-state index is -1.58. The van der Waals surface area contributed by atoms with Crippen molar-refractivity contribution >= 4 is 18.5 Å². The fourth-order valence-electron chi connectivity index (χ4n) is 3.16. The molecule has 0 unspecified atom stereocenters. The molecule has 1 amide bonds. The molecule has 150 valence electrons. The molecule has 2 aromatic carbocycles. The lowest BCUT2D eigenvalue weighted by molar-refractivity contribution is -0.121. The van der Waals surface area contributed by atoms with E-state index in [-0.39, 0.29) is 5.91 Å². The highest BCUT2D eigenvalue weighted by molar-refractivity contribution is 6.59. The van der Waals surface area contributed by atoms with Crippen LogP contribution in [0.2, 0.25) is 0 Å². The lowest BCUT2D eigenvalue weighted by atomic mass is 9.79. The number of rotatable bonds is 12. The van der Waals surface area contributed by atoms with Crippen LogP contribution in [0.15, 0.2) is 48.5 Å². The summed E-state index contributed by atoms with van der Waals surface area (Å²) in [6.45, 7) is 0.397. The zero-order valence-electron chi connectivity index (χ0n) is 16.6. The van der Waals surface area contributed by atoms with Gasteiger partial charge in [-0.3, -0.25) is 4.79 Å². The van der Waals surface area contributed by atoms with Gasteiger partial charge in [0.15, 0.2) is 0 Å². The summed E-state index contributed by atoms with van der Waals surface area (Å²) >= 11 is 0. The average molecular weight is 383 g/mol. The van der Waals surface area contributed by atoms with E-state index in [1.54, 1.807) is 18.2 Å². The van der Waals surface area contributed by atoms with Crippen LogP contribution in [0.3, 0.4) is 0 Å². The molecule has 0 aromatic heterocycles. The molecule has 28 heavy (non-hydrogen) atoms. The van der Waals surface area contributed by atoms with E-state index in [0.29, 0.717) is 24.2 Å². The number of methoxy groups -OCH3 is 1. The van der Waals surface area contributed by atoms with Crippen molar-refractivity contribution in [2.75, 3.05) is 7.11 Å². The maximum atomic E-state index is 12.0. The van der Waals surface area contributed by atoms with Gasteiger partial charge in [0.25, 0.3) is 0 Å². The van der Waals surface area contributed by atoms with Gasteiger partial charge in [-0.2, -0.15) is 0 Å². The Balaban J connectivity index is 1.57. The Morgan fingerprint density at radius 1 is 0.964 bits per heavy atom. The van der Waals surface area contributed by atoms with E-state index in [9.17, 15) is 14.8 Å². The first-order valence-corrected chi connectivity index (χ1v) is 9.93. The highest BCUT2D eigenvalue weighted by atomic mass is 16.5. The van der Waals surface area contributed by atoms with Crippen LogP contribution in [0.25, 0.3) is 0 Å². The molecule has 0 saturated heterocycles. The van der Waals surface area contributed by atoms with Gasteiger partial charge in [0.2, 0.25) is 5.91 Å². The van der Waals surface area contributed by atoms with Crippen LogP contribution in [0.1, 0.15) is 49.7 Å². The molecule has 0 bridgehead atoms. The second-order valence-electron chi connectivity index (χ2n) is 6.98. The van der Waals surface area contributed by atoms with Crippen molar-refractivity contribution in [2.24, 2.45) is 0 Å². The lowest BCUT2D eigenvalue weighted by Gasteiger charge is -2.11. The van der Waals surface area contributed by atoms with Gasteiger partial charge >= 0.3 is 7.12 Å². The van der Waals surface area contributed by atoms with Crippen LogP contribution < -0.4 is 15.5 Å². The fraction of sp³-hybridized carbons (Fsp3) is 0.409. The first-order chi connectivity index (χ1) is 13.6. The molecule has 0 aliphatic heterocycles. The molecular weight excluding hydrogens is 353 g/mol. The molecule has 3 N–H and O–H groups in total. The molecule has 0 atom stereocenters. The summed E-state index contributed by atoms with van der Waals surface area (Å²) in [5.41, 5.74) is 2.56. The third-order valence-corrected chi connectivity index (χ3v) is 4.78. The highest BCUT2D eigenvalue weighted by Crippen LogP contribution is 2.12. The number of hydrogen-bond donors (Lipinski definition) is 3. The van der Waals surface area contributed by atoms with Gasteiger partial charge in [0, 0.05) is 18.4 Å². The first kappa shape index (κ1) is 22.0. The van der Waals surface area contributed by atoms with Crippen LogP contribution in [0, 0.1) is 0 Å². The minimum absolute atomic E-state index is 0.0366. The van der Waals surface area contributed by atoms with Crippen molar-refractivity contribution in [3.8, 4) is 5.75 Å². The van der Waals surface area contributed by atoms with Crippen molar-refractivity contribution < 1.29 is 19.6 Å². The zero-order valence-corrected chi connectivity index (χ0v) is 16.6. The Bertz CT molecular complexity index is 722. The van der Waals surface area contributed by atoms with E-state index in [1.807, 2.05) is 6.07 Å². The summed E-state index contributed by atoms with van der Waals surface area (Å²) in [4.78, 5) is 12.0. The molecule has 5 nitrogen and oxygen atoms in total. The molecule has 0 aliphatic carbocycles. The molecule has 0 radical (unpaired) electrons. The molecule has 0 saturated carbocycles. The second-order valence-corrected chi connectivity index (χ2v) is 6.98. The Morgan fingerprint density at radius 2 is 1.68 bits per heavy atom. The van der Waals surface area contributed by atoms with Crippen molar-refractivity contribution in [2.45, 2.75) is 51.5 Å².